The molecule has 2 N–H and O–H groups in total. The van der Waals surface area contributed by atoms with E-state index in [0.717, 1.165) is 56.4 Å². The molecule has 10 heteroatoms. The highest BCUT2D eigenvalue weighted by molar-refractivity contribution is 6.30. The minimum atomic E-state index is -0.561. The molecule has 1 aliphatic heterocycles. The number of nitrogens with one attached hydrogen (secondary N) is 2. The van der Waals surface area contributed by atoms with E-state index in [1.165, 1.54) is 7.11 Å². The zero-order chi connectivity index (χ0) is 29.1. The predicted molar refractivity (Wildman–Crippen MR) is 156 cm³/mol. The molecule has 2 aromatic carbocycles. The van der Waals surface area contributed by atoms with Crippen molar-refractivity contribution in [2.75, 3.05) is 60.3 Å². The molecule has 1 unspecified atom stereocenters. The Balaban J connectivity index is 1.52. The summed E-state index contributed by atoms with van der Waals surface area (Å²) in [7, 11) is 2.92. The van der Waals surface area contributed by atoms with Crippen LogP contribution in [0.1, 0.15) is 59.7 Å². The van der Waals surface area contributed by atoms with E-state index in [0.29, 0.717) is 42.0 Å². The number of ether oxygens (including phenoxy) is 5. The highest BCUT2D eigenvalue weighted by Crippen LogP contribution is 2.51. The minimum Gasteiger partial charge on any atom is -0.491 e. The van der Waals surface area contributed by atoms with Crippen LogP contribution in [0.3, 0.4) is 0 Å². The minimum absolute atomic E-state index is 0.154. The molecule has 41 heavy (non-hydrogen) atoms. The van der Waals surface area contributed by atoms with Crippen LogP contribution >= 0.6 is 11.6 Å². The molecule has 2 aliphatic rings. The first kappa shape index (κ1) is 31.1. The Morgan fingerprint density at radius 2 is 1.83 bits per heavy atom. The Hall–Kier alpha value is -2.85. The van der Waals surface area contributed by atoms with Gasteiger partial charge in [-0.3, -0.25) is 4.79 Å². The van der Waals surface area contributed by atoms with Crippen LogP contribution in [0.15, 0.2) is 42.5 Å². The summed E-state index contributed by atoms with van der Waals surface area (Å²) in [5.41, 5.74) is 2.21. The van der Waals surface area contributed by atoms with Crippen LogP contribution in [0.2, 0.25) is 5.02 Å². The van der Waals surface area contributed by atoms with Gasteiger partial charge in [0.2, 0.25) is 0 Å². The van der Waals surface area contributed by atoms with Crippen molar-refractivity contribution in [2.45, 2.75) is 38.2 Å². The summed E-state index contributed by atoms with van der Waals surface area (Å²) < 4.78 is 27.5. The number of amides is 2. The Morgan fingerprint density at radius 1 is 1.02 bits per heavy atom. The molecule has 0 aromatic heterocycles. The van der Waals surface area contributed by atoms with Gasteiger partial charge in [0.05, 0.1) is 20.3 Å². The Bertz CT molecular complexity index is 1150. The first-order chi connectivity index (χ1) is 19.9. The summed E-state index contributed by atoms with van der Waals surface area (Å²) >= 11 is 6.32. The third-order valence-electron chi connectivity index (χ3n) is 7.69. The van der Waals surface area contributed by atoms with E-state index < -0.39 is 12.2 Å². The van der Waals surface area contributed by atoms with Crippen molar-refractivity contribution < 1.29 is 33.3 Å². The zero-order valence-electron chi connectivity index (χ0n) is 23.9. The van der Waals surface area contributed by atoms with Crippen LogP contribution in [0.4, 0.5) is 4.79 Å². The molecule has 1 saturated carbocycles. The molecule has 9 nitrogen and oxygen atoms in total. The Labute approximate surface area is 247 Å². The fourth-order valence-corrected chi connectivity index (χ4v) is 5.45. The standard InChI is InChI=1S/C31H41ClN2O7/c1-37-14-15-40-27-18-24(28(23-4-3-5-26(32)17-23)41-13-10-33-30(36)38-2)16-25(19-27)29(35)34-21-31(8-9-31)20-22-6-11-39-12-7-22/h3-5,16-19,22,28H,6-15,20-21H2,1-2H3,(H,33,36)(H,34,35). The van der Waals surface area contributed by atoms with Gasteiger partial charge < -0.3 is 34.3 Å². The number of carbonyl (C=O) groups excluding carboxylic acids is 2. The molecule has 1 aliphatic carbocycles. The van der Waals surface area contributed by atoms with Crippen molar-refractivity contribution in [2.24, 2.45) is 11.3 Å². The average Bonchev–Trinajstić information content (AvgIpc) is 3.75. The number of rotatable bonds is 15. The summed E-state index contributed by atoms with van der Waals surface area (Å²) in [5.74, 6) is 1.05. The van der Waals surface area contributed by atoms with Gasteiger partial charge in [0, 0.05) is 44.0 Å². The third-order valence-corrected chi connectivity index (χ3v) is 7.92. The van der Waals surface area contributed by atoms with E-state index in [1.807, 2.05) is 30.3 Å². The monoisotopic (exact) mass is 588 g/mol. The van der Waals surface area contributed by atoms with Crippen molar-refractivity contribution in [3.8, 4) is 5.75 Å². The zero-order valence-corrected chi connectivity index (χ0v) is 24.7. The van der Waals surface area contributed by atoms with Gasteiger partial charge in [0.25, 0.3) is 5.91 Å². The van der Waals surface area contributed by atoms with E-state index in [9.17, 15) is 9.59 Å². The second-order valence-electron chi connectivity index (χ2n) is 10.8. The maximum Gasteiger partial charge on any atom is 0.406 e. The van der Waals surface area contributed by atoms with Gasteiger partial charge in [-0.15, -0.1) is 0 Å². The van der Waals surface area contributed by atoms with Crippen molar-refractivity contribution in [3.63, 3.8) is 0 Å². The van der Waals surface area contributed by atoms with E-state index in [4.69, 9.17) is 30.5 Å². The quantitative estimate of drug-likeness (QED) is 0.277. The number of hydrogen-bond acceptors (Lipinski definition) is 7. The summed E-state index contributed by atoms with van der Waals surface area (Å²) in [5, 5.41) is 6.38. The normalized spacial score (nSPS) is 17.0. The largest absolute Gasteiger partial charge is 0.491 e. The lowest BCUT2D eigenvalue weighted by molar-refractivity contribution is 0.0565. The van der Waals surface area contributed by atoms with Crippen molar-refractivity contribution >= 4 is 23.6 Å². The van der Waals surface area contributed by atoms with Crippen LogP contribution in [-0.2, 0) is 18.9 Å². The molecule has 2 amide bonds. The van der Waals surface area contributed by atoms with Gasteiger partial charge >= 0.3 is 6.09 Å². The second kappa shape index (κ2) is 15.4. The van der Waals surface area contributed by atoms with Crippen LogP contribution in [0, 0.1) is 11.3 Å². The number of halogens is 1. The van der Waals surface area contributed by atoms with Gasteiger partial charge in [-0.05, 0) is 84.9 Å². The lowest BCUT2D eigenvalue weighted by Crippen LogP contribution is -2.32. The molecular formula is C31H41ClN2O7. The molecule has 224 valence electrons. The molecule has 1 atom stereocenters. The molecule has 2 aromatic rings. The molecular weight excluding hydrogens is 548 g/mol. The third kappa shape index (κ3) is 9.60. The summed E-state index contributed by atoms with van der Waals surface area (Å²) in [6.45, 7) is 3.52. The molecule has 1 saturated heterocycles. The highest BCUT2D eigenvalue weighted by atomic mass is 35.5. The molecule has 1 heterocycles. The van der Waals surface area contributed by atoms with E-state index in [1.54, 1.807) is 19.2 Å². The molecule has 2 fully saturated rings. The maximum atomic E-state index is 13.5. The Morgan fingerprint density at radius 3 is 2.54 bits per heavy atom. The van der Waals surface area contributed by atoms with Gasteiger partial charge in [-0.25, -0.2) is 4.79 Å². The second-order valence-corrected chi connectivity index (χ2v) is 11.2. The van der Waals surface area contributed by atoms with Crippen molar-refractivity contribution in [3.05, 3.63) is 64.2 Å². The van der Waals surface area contributed by atoms with E-state index in [-0.39, 0.29) is 24.5 Å². The average molecular weight is 589 g/mol. The van der Waals surface area contributed by atoms with E-state index >= 15 is 0 Å². The maximum absolute atomic E-state index is 13.5. The number of methoxy groups -OCH3 is 2. The topological polar surface area (TPSA) is 104 Å². The van der Waals surface area contributed by atoms with Crippen LogP contribution < -0.4 is 15.4 Å². The fraction of sp³-hybridized carbons (Fsp3) is 0.548. The number of benzene rings is 2. The van der Waals surface area contributed by atoms with Gasteiger partial charge in [-0.2, -0.15) is 0 Å². The molecule has 0 bridgehead atoms. The van der Waals surface area contributed by atoms with Crippen LogP contribution in [0.5, 0.6) is 5.75 Å². The smallest absolute Gasteiger partial charge is 0.406 e. The van der Waals surface area contributed by atoms with Crippen LogP contribution in [-0.4, -0.2) is 72.3 Å². The first-order valence-electron chi connectivity index (χ1n) is 14.2. The van der Waals surface area contributed by atoms with Gasteiger partial charge in [-0.1, -0.05) is 23.7 Å². The first-order valence-corrected chi connectivity index (χ1v) is 14.6. The summed E-state index contributed by atoms with van der Waals surface area (Å²) in [6.07, 6.45) is 4.51. The lowest BCUT2D eigenvalue weighted by atomic mass is 9.87. The van der Waals surface area contributed by atoms with Gasteiger partial charge in [0.1, 0.15) is 18.5 Å². The highest BCUT2D eigenvalue weighted by Gasteiger charge is 2.44. The van der Waals surface area contributed by atoms with Crippen molar-refractivity contribution in [1.29, 1.82) is 0 Å². The predicted octanol–water partition coefficient (Wildman–Crippen LogP) is 5.15. The fourth-order valence-electron chi connectivity index (χ4n) is 5.25. The molecule has 0 radical (unpaired) electrons. The van der Waals surface area contributed by atoms with Crippen LogP contribution in [0.25, 0.3) is 0 Å². The summed E-state index contributed by atoms with van der Waals surface area (Å²) in [4.78, 5) is 25.0. The van der Waals surface area contributed by atoms with Crippen molar-refractivity contribution in [1.82, 2.24) is 10.6 Å². The number of hydrogen-bond donors (Lipinski definition) is 2. The Kier molecular flexibility index (Phi) is 11.7. The number of alkyl carbamates (subject to hydrolysis) is 1. The lowest BCUT2D eigenvalue weighted by Gasteiger charge is -2.27. The SMILES string of the molecule is COCCOc1cc(C(=O)NCC2(CC3CCOCC3)CC2)cc(C(OCCNC(=O)OC)c2cccc(Cl)c2)c1. The molecule has 4 rings (SSSR count). The molecule has 0 spiro atoms. The number of carbonyl (C=O) groups is 2. The van der Waals surface area contributed by atoms with E-state index in [2.05, 4.69) is 15.4 Å². The summed E-state index contributed by atoms with van der Waals surface area (Å²) in [6, 6.07) is 12.8. The van der Waals surface area contributed by atoms with Gasteiger partial charge in [0.15, 0.2) is 0 Å².